The van der Waals surface area contributed by atoms with Crippen LogP contribution in [0.4, 0.5) is 0 Å². The minimum Gasteiger partial charge on any atom is -0.481 e. The van der Waals surface area contributed by atoms with E-state index in [0.29, 0.717) is 6.42 Å². The van der Waals surface area contributed by atoms with Gasteiger partial charge in [0.1, 0.15) is 0 Å². The summed E-state index contributed by atoms with van der Waals surface area (Å²) in [5.74, 6) is -0.465. The zero-order valence-electron chi connectivity index (χ0n) is 8.40. The molecule has 0 aliphatic heterocycles. The number of carboxylic acids is 1. The second-order valence-electron chi connectivity index (χ2n) is 3.63. The van der Waals surface area contributed by atoms with Crippen molar-refractivity contribution in [3.05, 3.63) is 0 Å². The van der Waals surface area contributed by atoms with E-state index in [1.165, 1.54) is 12.2 Å². The number of hydroxylamine groups is 2. The summed E-state index contributed by atoms with van der Waals surface area (Å²) >= 11 is 0. The summed E-state index contributed by atoms with van der Waals surface area (Å²) in [6, 6.07) is 0. The van der Waals surface area contributed by atoms with E-state index in [1.807, 2.05) is 0 Å². The quantitative estimate of drug-likeness (QED) is 0.658. The number of aliphatic carboxylic acids is 1. The lowest BCUT2D eigenvalue weighted by atomic mass is 10.2. The van der Waals surface area contributed by atoms with Crippen molar-refractivity contribution in [3.63, 3.8) is 0 Å². The minimum absolute atomic E-state index is 0.0922. The van der Waals surface area contributed by atoms with E-state index in [9.17, 15) is 9.59 Å². The van der Waals surface area contributed by atoms with Crippen LogP contribution in [-0.2, 0) is 14.4 Å². The lowest BCUT2D eigenvalue weighted by molar-refractivity contribution is -0.169. The number of hydrogen-bond donors (Lipinski definition) is 1. The Hall–Kier alpha value is -1.10. The SMILES string of the molecule is CON(C)C(=O)CC1CC1CC(=O)O. The first-order valence-corrected chi connectivity index (χ1v) is 4.57. The van der Waals surface area contributed by atoms with Crippen molar-refractivity contribution in [1.29, 1.82) is 0 Å². The average molecular weight is 201 g/mol. The third-order valence-electron chi connectivity index (χ3n) is 2.57. The highest BCUT2D eigenvalue weighted by Gasteiger charge is 2.40. The summed E-state index contributed by atoms with van der Waals surface area (Å²) in [6.07, 6.45) is 1.41. The number of carbonyl (C=O) groups is 2. The molecular weight excluding hydrogens is 186 g/mol. The molecule has 1 fully saturated rings. The van der Waals surface area contributed by atoms with Gasteiger partial charge < -0.3 is 5.11 Å². The Kier molecular flexibility index (Phi) is 3.46. The smallest absolute Gasteiger partial charge is 0.303 e. The fourth-order valence-corrected chi connectivity index (χ4v) is 1.49. The largest absolute Gasteiger partial charge is 0.481 e. The maximum absolute atomic E-state index is 11.3. The fourth-order valence-electron chi connectivity index (χ4n) is 1.49. The first-order chi connectivity index (χ1) is 6.54. The highest BCUT2D eigenvalue weighted by molar-refractivity contribution is 5.75. The van der Waals surface area contributed by atoms with E-state index in [0.717, 1.165) is 6.42 Å². The maximum Gasteiger partial charge on any atom is 0.303 e. The third kappa shape index (κ3) is 2.99. The zero-order chi connectivity index (χ0) is 10.7. The van der Waals surface area contributed by atoms with Gasteiger partial charge in [-0.3, -0.25) is 14.4 Å². The number of carboxylic acid groups (broad SMARTS) is 1. The lowest BCUT2D eigenvalue weighted by Crippen LogP contribution is -2.25. The van der Waals surface area contributed by atoms with Gasteiger partial charge in [0.25, 0.3) is 0 Å². The van der Waals surface area contributed by atoms with Crippen LogP contribution in [0.2, 0.25) is 0 Å². The van der Waals surface area contributed by atoms with Crippen LogP contribution in [0.25, 0.3) is 0 Å². The van der Waals surface area contributed by atoms with Crippen LogP contribution >= 0.6 is 0 Å². The normalized spacial score (nSPS) is 24.4. The van der Waals surface area contributed by atoms with E-state index < -0.39 is 5.97 Å². The molecular formula is C9H15NO4. The molecule has 0 saturated heterocycles. The molecule has 5 nitrogen and oxygen atoms in total. The Labute approximate surface area is 82.6 Å². The van der Waals surface area contributed by atoms with Crippen LogP contribution in [-0.4, -0.2) is 36.2 Å². The van der Waals surface area contributed by atoms with Gasteiger partial charge >= 0.3 is 5.97 Å². The summed E-state index contributed by atoms with van der Waals surface area (Å²) in [4.78, 5) is 26.4. The van der Waals surface area contributed by atoms with Crippen molar-refractivity contribution in [1.82, 2.24) is 5.06 Å². The van der Waals surface area contributed by atoms with Crippen LogP contribution in [0.5, 0.6) is 0 Å². The standard InChI is InChI=1S/C9H15NO4/c1-10(14-2)8(11)4-6-3-7(6)5-9(12)13/h6-7H,3-5H2,1-2H3,(H,12,13). The van der Waals surface area contributed by atoms with Crippen molar-refractivity contribution < 1.29 is 19.5 Å². The molecule has 0 aromatic carbocycles. The van der Waals surface area contributed by atoms with Gasteiger partial charge in [-0.15, -0.1) is 0 Å². The Morgan fingerprint density at radius 3 is 2.50 bits per heavy atom. The summed E-state index contributed by atoms with van der Waals surface area (Å²) < 4.78 is 0. The van der Waals surface area contributed by atoms with Crippen LogP contribution in [0, 0.1) is 11.8 Å². The van der Waals surface area contributed by atoms with Gasteiger partial charge in [-0.05, 0) is 18.3 Å². The highest BCUT2D eigenvalue weighted by atomic mass is 16.7. The second-order valence-corrected chi connectivity index (χ2v) is 3.63. The molecule has 1 rings (SSSR count). The molecule has 14 heavy (non-hydrogen) atoms. The van der Waals surface area contributed by atoms with E-state index in [-0.39, 0.29) is 24.2 Å². The summed E-state index contributed by atoms with van der Waals surface area (Å²) in [6.45, 7) is 0. The van der Waals surface area contributed by atoms with Crippen LogP contribution in [0.15, 0.2) is 0 Å². The van der Waals surface area contributed by atoms with Gasteiger partial charge in [0.05, 0.1) is 7.11 Å². The molecule has 1 aliphatic rings. The zero-order valence-corrected chi connectivity index (χ0v) is 8.40. The molecule has 2 atom stereocenters. The van der Waals surface area contributed by atoms with Crippen molar-refractivity contribution in [2.24, 2.45) is 11.8 Å². The first kappa shape index (κ1) is 11.0. The number of carbonyl (C=O) groups excluding carboxylic acids is 1. The number of amides is 1. The molecule has 5 heteroatoms. The molecule has 80 valence electrons. The van der Waals surface area contributed by atoms with Gasteiger partial charge in [-0.2, -0.15) is 0 Å². The average Bonchev–Trinajstić information content (AvgIpc) is 2.80. The molecule has 0 aromatic rings. The molecule has 1 N–H and O–H groups in total. The molecule has 1 aliphatic carbocycles. The molecule has 0 radical (unpaired) electrons. The van der Waals surface area contributed by atoms with Gasteiger partial charge in [0.2, 0.25) is 5.91 Å². The summed E-state index contributed by atoms with van der Waals surface area (Å²) in [7, 11) is 2.98. The predicted molar refractivity (Wildman–Crippen MR) is 48.2 cm³/mol. The third-order valence-corrected chi connectivity index (χ3v) is 2.57. The Bertz CT molecular complexity index is 241. The molecule has 0 aromatic heterocycles. The Balaban J connectivity index is 2.22. The first-order valence-electron chi connectivity index (χ1n) is 4.57. The van der Waals surface area contributed by atoms with Gasteiger partial charge in [0, 0.05) is 19.9 Å². The lowest BCUT2D eigenvalue weighted by Gasteiger charge is -2.12. The van der Waals surface area contributed by atoms with Gasteiger partial charge in [-0.1, -0.05) is 0 Å². The topological polar surface area (TPSA) is 66.8 Å². The fraction of sp³-hybridized carbons (Fsp3) is 0.778. The van der Waals surface area contributed by atoms with Crippen LogP contribution in [0.3, 0.4) is 0 Å². The van der Waals surface area contributed by atoms with Crippen molar-refractivity contribution in [2.75, 3.05) is 14.2 Å². The monoisotopic (exact) mass is 201 g/mol. The number of hydrogen-bond acceptors (Lipinski definition) is 3. The molecule has 0 spiro atoms. The van der Waals surface area contributed by atoms with Gasteiger partial charge in [-0.25, -0.2) is 5.06 Å². The molecule has 0 heterocycles. The molecule has 2 unspecified atom stereocenters. The molecule has 1 saturated carbocycles. The summed E-state index contributed by atoms with van der Waals surface area (Å²) in [5.41, 5.74) is 0. The maximum atomic E-state index is 11.3. The number of nitrogens with zero attached hydrogens (tertiary/aromatic N) is 1. The molecule has 0 bridgehead atoms. The van der Waals surface area contributed by atoms with Gasteiger partial charge in [0.15, 0.2) is 0 Å². The van der Waals surface area contributed by atoms with Crippen molar-refractivity contribution >= 4 is 11.9 Å². The Morgan fingerprint density at radius 1 is 1.43 bits per heavy atom. The van der Waals surface area contributed by atoms with Crippen molar-refractivity contribution in [2.45, 2.75) is 19.3 Å². The minimum atomic E-state index is -0.787. The molecule has 1 amide bonds. The van der Waals surface area contributed by atoms with Crippen molar-refractivity contribution in [3.8, 4) is 0 Å². The van der Waals surface area contributed by atoms with E-state index in [2.05, 4.69) is 0 Å². The van der Waals surface area contributed by atoms with E-state index >= 15 is 0 Å². The second kappa shape index (κ2) is 4.41. The summed E-state index contributed by atoms with van der Waals surface area (Å²) in [5, 5.41) is 9.69. The van der Waals surface area contributed by atoms with Crippen LogP contribution in [0.1, 0.15) is 19.3 Å². The van der Waals surface area contributed by atoms with E-state index in [1.54, 1.807) is 7.05 Å². The predicted octanol–water partition coefficient (Wildman–Crippen LogP) is 0.507. The Morgan fingerprint density at radius 2 is 2.00 bits per heavy atom. The number of rotatable bonds is 5. The van der Waals surface area contributed by atoms with E-state index in [4.69, 9.17) is 9.94 Å². The van der Waals surface area contributed by atoms with Crippen LogP contribution < -0.4 is 0 Å². The highest BCUT2D eigenvalue weighted by Crippen LogP contribution is 2.43.